The molecular weight excluding hydrogens is 156 g/mol. The highest BCUT2D eigenvalue weighted by Crippen LogP contribution is 2.20. The van der Waals surface area contributed by atoms with Crippen LogP contribution in [0.25, 0.3) is 0 Å². The Morgan fingerprint density at radius 3 is 1.54 bits per heavy atom. The summed E-state index contributed by atoms with van der Waals surface area (Å²) in [6.45, 7) is 8.94. The molecule has 0 unspecified atom stereocenters. The molecule has 0 aliphatic carbocycles. The van der Waals surface area contributed by atoms with Crippen LogP contribution in [0, 0.1) is 0 Å². The van der Waals surface area contributed by atoms with Gasteiger partial charge < -0.3 is 0 Å². The fourth-order valence-electron chi connectivity index (χ4n) is 1.28. The number of rotatable bonds is 2. The molecule has 0 heteroatoms. The minimum absolute atomic E-state index is 0. The molecule has 74 valence electrons. The third-order valence-electron chi connectivity index (χ3n) is 2.24. The molecule has 0 amide bonds. The Morgan fingerprint density at radius 1 is 0.846 bits per heavy atom. The zero-order chi connectivity index (χ0) is 9.14. The van der Waals surface area contributed by atoms with Gasteiger partial charge in [-0.25, -0.2) is 0 Å². The second-order valence-corrected chi connectivity index (χ2v) is 3.98. The predicted molar refractivity (Wildman–Crippen MR) is 61.4 cm³/mol. The summed E-state index contributed by atoms with van der Waals surface area (Å²) < 4.78 is 0. The van der Waals surface area contributed by atoms with Crippen LogP contribution in [0.3, 0.4) is 0 Å². The summed E-state index contributed by atoms with van der Waals surface area (Å²) in [5.74, 6) is 1.28. The Kier molecular flexibility index (Phi) is 4.76. The van der Waals surface area contributed by atoms with E-state index >= 15 is 0 Å². The van der Waals surface area contributed by atoms with Crippen molar-refractivity contribution in [2.75, 3.05) is 0 Å². The fourth-order valence-corrected chi connectivity index (χ4v) is 1.28. The van der Waals surface area contributed by atoms with E-state index < -0.39 is 0 Å². The molecule has 0 fully saturated rings. The first-order chi connectivity index (χ1) is 5.61. The van der Waals surface area contributed by atoms with Crippen LogP contribution in [0.5, 0.6) is 0 Å². The second kappa shape index (κ2) is 5.06. The fraction of sp³-hybridized carbons (Fsp3) is 0.538. The monoisotopic (exact) mass is 178 g/mol. The number of hydrogen-bond donors (Lipinski definition) is 0. The van der Waals surface area contributed by atoms with Gasteiger partial charge in [0.1, 0.15) is 0 Å². The zero-order valence-electron chi connectivity index (χ0n) is 8.46. The van der Waals surface area contributed by atoms with Gasteiger partial charge in [-0.15, -0.1) is 0 Å². The Bertz CT molecular complexity index is 223. The van der Waals surface area contributed by atoms with Crippen LogP contribution in [0.4, 0.5) is 0 Å². The number of benzene rings is 1. The number of hydrogen-bond acceptors (Lipinski definition) is 0. The minimum atomic E-state index is 0. The molecule has 0 aliphatic rings. The van der Waals surface area contributed by atoms with E-state index in [9.17, 15) is 0 Å². The quantitative estimate of drug-likeness (QED) is 0.622. The maximum Gasteiger partial charge on any atom is -0.0219 e. The molecule has 0 saturated heterocycles. The van der Waals surface area contributed by atoms with Crippen molar-refractivity contribution in [3.8, 4) is 0 Å². The molecule has 0 N–H and O–H groups in total. The molecule has 1 aromatic carbocycles. The standard InChI is InChI=1S/C12H18.CH4/c1-9(2)11-6-5-7-12(8-11)10(3)4;/h5-10H,1-4H3;1H4. The van der Waals surface area contributed by atoms with Crippen LogP contribution < -0.4 is 0 Å². The van der Waals surface area contributed by atoms with Crippen LogP contribution in [-0.2, 0) is 0 Å². The summed E-state index contributed by atoms with van der Waals surface area (Å²) in [4.78, 5) is 0. The van der Waals surface area contributed by atoms with Crippen molar-refractivity contribution in [3.63, 3.8) is 0 Å². The van der Waals surface area contributed by atoms with Crippen LogP contribution in [0.1, 0.15) is 58.1 Å². The van der Waals surface area contributed by atoms with E-state index in [-0.39, 0.29) is 7.43 Å². The summed E-state index contributed by atoms with van der Waals surface area (Å²) in [6.07, 6.45) is 0. The van der Waals surface area contributed by atoms with Crippen molar-refractivity contribution in [2.24, 2.45) is 0 Å². The van der Waals surface area contributed by atoms with E-state index in [1.165, 1.54) is 11.1 Å². The SMILES string of the molecule is C.CC(C)c1cccc(C(C)C)c1. The maximum atomic E-state index is 2.31. The molecule has 0 atom stereocenters. The molecule has 0 bridgehead atoms. The van der Waals surface area contributed by atoms with E-state index in [4.69, 9.17) is 0 Å². The molecule has 0 spiro atoms. The molecule has 1 aromatic rings. The van der Waals surface area contributed by atoms with Crippen LogP contribution in [0.15, 0.2) is 24.3 Å². The van der Waals surface area contributed by atoms with Gasteiger partial charge in [0.25, 0.3) is 0 Å². The first-order valence-corrected chi connectivity index (χ1v) is 4.71. The summed E-state index contributed by atoms with van der Waals surface area (Å²) in [5, 5.41) is 0. The van der Waals surface area contributed by atoms with Crippen molar-refractivity contribution in [1.82, 2.24) is 0 Å². The lowest BCUT2D eigenvalue weighted by molar-refractivity contribution is 0.834. The van der Waals surface area contributed by atoms with Gasteiger partial charge in [-0.2, -0.15) is 0 Å². The molecular formula is C13H22. The normalized spacial score (nSPS) is 10.3. The first kappa shape index (κ1) is 12.2. The van der Waals surface area contributed by atoms with Gasteiger partial charge in [0.15, 0.2) is 0 Å². The van der Waals surface area contributed by atoms with Gasteiger partial charge in [-0.05, 0) is 23.0 Å². The third-order valence-corrected chi connectivity index (χ3v) is 2.24. The van der Waals surface area contributed by atoms with Gasteiger partial charge in [0.05, 0.1) is 0 Å². The van der Waals surface area contributed by atoms with Gasteiger partial charge >= 0.3 is 0 Å². The van der Waals surface area contributed by atoms with Gasteiger partial charge in [0.2, 0.25) is 0 Å². The summed E-state index contributed by atoms with van der Waals surface area (Å²) in [7, 11) is 0. The lowest BCUT2D eigenvalue weighted by Crippen LogP contribution is -1.91. The van der Waals surface area contributed by atoms with Gasteiger partial charge in [-0.1, -0.05) is 59.4 Å². The molecule has 0 radical (unpaired) electrons. The molecule has 0 aliphatic heterocycles. The Labute approximate surface area is 83.0 Å². The highest BCUT2D eigenvalue weighted by molar-refractivity contribution is 5.27. The van der Waals surface area contributed by atoms with Gasteiger partial charge in [-0.3, -0.25) is 0 Å². The van der Waals surface area contributed by atoms with Crippen molar-refractivity contribution in [3.05, 3.63) is 35.4 Å². The largest absolute Gasteiger partial charge is 0.0776 e. The van der Waals surface area contributed by atoms with E-state index in [1.807, 2.05) is 0 Å². The van der Waals surface area contributed by atoms with Gasteiger partial charge in [0, 0.05) is 0 Å². The zero-order valence-corrected chi connectivity index (χ0v) is 8.46. The molecule has 0 nitrogen and oxygen atoms in total. The summed E-state index contributed by atoms with van der Waals surface area (Å²) >= 11 is 0. The molecule has 0 aromatic heterocycles. The van der Waals surface area contributed by atoms with Crippen molar-refractivity contribution >= 4 is 0 Å². The molecule has 0 saturated carbocycles. The van der Waals surface area contributed by atoms with Crippen LogP contribution in [-0.4, -0.2) is 0 Å². The second-order valence-electron chi connectivity index (χ2n) is 3.98. The lowest BCUT2D eigenvalue weighted by atomic mass is 9.96. The maximum absolute atomic E-state index is 2.31. The van der Waals surface area contributed by atoms with Crippen molar-refractivity contribution < 1.29 is 0 Å². The van der Waals surface area contributed by atoms with E-state index in [0.29, 0.717) is 11.8 Å². The van der Waals surface area contributed by atoms with Crippen molar-refractivity contribution in [2.45, 2.75) is 47.0 Å². The van der Waals surface area contributed by atoms with E-state index in [2.05, 4.69) is 52.0 Å². The highest BCUT2D eigenvalue weighted by atomic mass is 14.1. The molecule has 13 heavy (non-hydrogen) atoms. The third kappa shape index (κ3) is 3.22. The lowest BCUT2D eigenvalue weighted by Gasteiger charge is -2.09. The predicted octanol–water partition coefficient (Wildman–Crippen LogP) is 4.57. The Hall–Kier alpha value is -0.780. The Morgan fingerprint density at radius 2 is 1.23 bits per heavy atom. The van der Waals surface area contributed by atoms with Crippen molar-refractivity contribution in [1.29, 1.82) is 0 Å². The van der Waals surface area contributed by atoms with E-state index in [1.54, 1.807) is 0 Å². The Balaban J connectivity index is 0.00000144. The first-order valence-electron chi connectivity index (χ1n) is 4.71. The average Bonchev–Trinajstić information content (AvgIpc) is 2.04. The average molecular weight is 178 g/mol. The van der Waals surface area contributed by atoms with Crippen LogP contribution in [0.2, 0.25) is 0 Å². The summed E-state index contributed by atoms with van der Waals surface area (Å²) in [6, 6.07) is 8.88. The van der Waals surface area contributed by atoms with Crippen LogP contribution >= 0.6 is 0 Å². The smallest absolute Gasteiger partial charge is 0.0219 e. The minimum Gasteiger partial charge on any atom is -0.0776 e. The molecule has 1 rings (SSSR count). The molecule has 0 heterocycles. The van der Waals surface area contributed by atoms with E-state index in [0.717, 1.165) is 0 Å². The topological polar surface area (TPSA) is 0 Å². The highest BCUT2D eigenvalue weighted by Gasteiger charge is 2.02. The summed E-state index contributed by atoms with van der Waals surface area (Å²) in [5.41, 5.74) is 2.89.